The average Bonchev–Trinajstić information content (AvgIpc) is 2.89. The van der Waals surface area contributed by atoms with E-state index in [-0.39, 0.29) is 0 Å². The molecular formula is C16H31N3. The van der Waals surface area contributed by atoms with Crippen molar-refractivity contribution in [2.24, 2.45) is 5.73 Å². The van der Waals surface area contributed by atoms with E-state index in [1.165, 1.54) is 71.0 Å². The highest BCUT2D eigenvalue weighted by molar-refractivity contribution is 4.93. The lowest BCUT2D eigenvalue weighted by Crippen LogP contribution is -2.52. The van der Waals surface area contributed by atoms with Crippen molar-refractivity contribution in [3.8, 4) is 0 Å². The van der Waals surface area contributed by atoms with Crippen LogP contribution in [0.2, 0.25) is 0 Å². The van der Waals surface area contributed by atoms with Gasteiger partial charge in [0.15, 0.2) is 0 Å². The van der Waals surface area contributed by atoms with Gasteiger partial charge in [-0.1, -0.05) is 6.92 Å². The third-order valence-electron chi connectivity index (χ3n) is 5.84. The van der Waals surface area contributed by atoms with Gasteiger partial charge in [0, 0.05) is 24.2 Å². The van der Waals surface area contributed by atoms with Gasteiger partial charge < -0.3 is 10.6 Å². The molecule has 2 N–H and O–H groups in total. The number of nitrogens with two attached hydrogens (primary N) is 1. The van der Waals surface area contributed by atoms with E-state index < -0.39 is 0 Å². The maximum atomic E-state index is 6.06. The topological polar surface area (TPSA) is 32.5 Å². The number of rotatable bonds is 3. The molecule has 110 valence electrons. The van der Waals surface area contributed by atoms with Crippen LogP contribution in [0.15, 0.2) is 0 Å². The van der Waals surface area contributed by atoms with Gasteiger partial charge >= 0.3 is 0 Å². The molecule has 1 saturated carbocycles. The van der Waals surface area contributed by atoms with Gasteiger partial charge in [0.25, 0.3) is 0 Å². The van der Waals surface area contributed by atoms with Gasteiger partial charge in [-0.2, -0.15) is 0 Å². The quantitative estimate of drug-likeness (QED) is 0.849. The summed E-state index contributed by atoms with van der Waals surface area (Å²) in [7, 11) is 0. The molecular weight excluding hydrogens is 234 g/mol. The summed E-state index contributed by atoms with van der Waals surface area (Å²) in [4.78, 5) is 5.57. The van der Waals surface area contributed by atoms with E-state index in [1.54, 1.807) is 0 Å². The lowest BCUT2D eigenvalue weighted by molar-refractivity contribution is 0.0461. The lowest BCUT2D eigenvalue weighted by atomic mass is 9.87. The van der Waals surface area contributed by atoms with Gasteiger partial charge in [0.1, 0.15) is 0 Å². The molecule has 1 aliphatic carbocycles. The first-order valence-electron chi connectivity index (χ1n) is 8.53. The Balaban J connectivity index is 1.59. The van der Waals surface area contributed by atoms with Crippen molar-refractivity contribution in [1.29, 1.82) is 0 Å². The molecule has 0 aromatic heterocycles. The fourth-order valence-corrected chi connectivity index (χ4v) is 4.75. The predicted molar refractivity (Wildman–Crippen MR) is 80.2 cm³/mol. The van der Waals surface area contributed by atoms with Crippen LogP contribution >= 0.6 is 0 Å². The van der Waals surface area contributed by atoms with Crippen molar-refractivity contribution in [1.82, 2.24) is 9.80 Å². The number of fused-ring (bicyclic) bond motifs is 1. The summed E-state index contributed by atoms with van der Waals surface area (Å²) in [5, 5.41) is 0. The number of hydrogen-bond acceptors (Lipinski definition) is 3. The number of piperidine rings is 1. The van der Waals surface area contributed by atoms with E-state index in [9.17, 15) is 0 Å². The van der Waals surface area contributed by atoms with Crippen LogP contribution < -0.4 is 5.73 Å². The zero-order valence-electron chi connectivity index (χ0n) is 12.6. The Kier molecular flexibility index (Phi) is 4.45. The van der Waals surface area contributed by atoms with Crippen molar-refractivity contribution in [2.75, 3.05) is 19.6 Å². The smallest absolute Gasteiger partial charge is 0.0125 e. The van der Waals surface area contributed by atoms with Crippen LogP contribution in [0.1, 0.15) is 58.3 Å². The Bertz CT molecular complexity index is 286. The highest BCUT2D eigenvalue weighted by Crippen LogP contribution is 2.32. The number of nitrogens with zero attached hydrogens (tertiary/aromatic N) is 2. The molecule has 0 amide bonds. The first-order chi connectivity index (χ1) is 9.28. The molecule has 0 bridgehead atoms. The molecule has 2 atom stereocenters. The van der Waals surface area contributed by atoms with Crippen molar-refractivity contribution in [3.63, 3.8) is 0 Å². The first-order valence-corrected chi connectivity index (χ1v) is 8.53. The summed E-state index contributed by atoms with van der Waals surface area (Å²) in [6.07, 6.45) is 10.8. The van der Waals surface area contributed by atoms with Crippen LogP contribution in [0, 0.1) is 0 Å². The van der Waals surface area contributed by atoms with E-state index in [0.717, 1.165) is 18.1 Å². The van der Waals surface area contributed by atoms with Crippen LogP contribution in [0.4, 0.5) is 0 Å². The van der Waals surface area contributed by atoms with Gasteiger partial charge in [0.05, 0.1) is 0 Å². The molecule has 3 rings (SSSR count). The monoisotopic (exact) mass is 265 g/mol. The molecule has 3 heteroatoms. The highest BCUT2D eigenvalue weighted by atomic mass is 15.2. The van der Waals surface area contributed by atoms with Gasteiger partial charge in [-0.15, -0.1) is 0 Å². The zero-order chi connectivity index (χ0) is 13.2. The molecule has 2 aliphatic heterocycles. The summed E-state index contributed by atoms with van der Waals surface area (Å²) >= 11 is 0. The Labute approximate surface area is 118 Å². The minimum Gasteiger partial charge on any atom is -0.328 e. The molecule has 0 aromatic rings. The largest absolute Gasteiger partial charge is 0.328 e. The van der Waals surface area contributed by atoms with E-state index >= 15 is 0 Å². The normalized spacial score (nSPS) is 40.6. The van der Waals surface area contributed by atoms with Crippen LogP contribution in [-0.4, -0.2) is 53.6 Å². The van der Waals surface area contributed by atoms with Crippen LogP contribution in [0.25, 0.3) is 0 Å². The van der Waals surface area contributed by atoms with E-state index in [1.807, 2.05) is 0 Å². The Morgan fingerprint density at radius 2 is 1.79 bits per heavy atom. The summed E-state index contributed by atoms with van der Waals surface area (Å²) in [5.74, 6) is 0. The van der Waals surface area contributed by atoms with Crippen molar-refractivity contribution in [2.45, 2.75) is 82.5 Å². The number of hydrogen-bond donors (Lipinski definition) is 1. The second-order valence-corrected chi connectivity index (χ2v) is 6.91. The Morgan fingerprint density at radius 3 is 2.53 bits per heavy atom. The summed E-state index contributed by atoms with van der Waals surface area (Å²) < 4.78 is 0. The summed E-state index contributed by atoms with van der Waals surface area (Å²) in [5.41, 5.74) is 6.06. The highest BCUT2D eigenvalue weighted by Gasteiger charge is 2.36. The second-order valence-electron chi connectivity index (χ2n) is 6.91. The van der Waals surface area contributed by atoms with Gasteiger partial charge in [0.2, 0.25) is 0 Å². The third-order valence-corrected chi connectivity index (χ3v) is 5.84. The maximum Gasteiger partial charge on any atom is 0.0125 e. The van der Waals surface area contributed by atoms with Crippen molar-refractivity contribution >= 4 is 0 Å². The Hall–Kier alpha value is -0.120. The maximum absolute atomic E-state index is 6.06. The molecule has 2 heterocycles. The molecule has 19 heavy (non-hydrogen) atoms. The van der Waals surface area contributed by atoms with E-state index in [2.05, 4.69) is 16.7 Å². The minimum atomic E-state index is 0.478. The predicted octanol–water partition coefficient (Wildman–Crippen LogP) is 2.21. The third kappa shape index (κ3) is 2.98. The van der Waals surface area contributed by atoms with Gasteiger partial charge in [-0.25, -0.2) is 0 Å². The van der Waals surface area contributed by atoms with Crippen LogP contribution in [-0.2, 0) is 0 Å². The minimum absolute atomic E-state index is 0.478. The second kappa shape index (κ2) is 6.11. The molecule has 0 aromatic carbocycles. The van der Waals surface area contributed by atoms with E-state index in [4.69, 9.17) is 5.73 Å². The molecule has 3 nitrogen and oxygen atoms in total. The average molecular weight is 265 g/mol. The van der Waals surface area contributed by atoms with Crippen LogP contribution in [0.3, 0.4) is 0 Å². The van der Waals surface area contributed by atoms with Gasteiger partial charge in [-0.3, -0.25) is 4.90 Å². The molecule has 0 spiro atoms. The summed E-state index contributed by atoms with van der Waals surface area (Å²) in [6.45, 7) is 6.30. The SMILES string of the molecule is CCN(C1CCC(N)CC1)C1CCN2CCCC2C1. The summed E-state index contributed by atoms with van der Waals surface area (Å²) in [6, 6.07) is 3.05. The molecule has 2 saturated heterocycles. The first kappa shape index (κ1) is 13.8. The molecule has 0 radical (unpaired) electrons. The fraction of sp³-hybridized carbons (Fsp3) is 1.00. The van der Waals surface area contributed by atoms with Gasteiger partial charge in [-0.05, 0) is 71.0 Å². The molecule has 3 fully saturated rings. The van der Waals surface area contributed by atoms with E-state index in [0.29, 0.717) is 6.04 Å². The fourth-order valence-electron chi connectivity index (χ4n) is 4.75. The Morgan fingerprint density at radius 1 is 1.00 bits per heavy atom. The zero-order valence-corrected chi connectivity index (χ0v) is 12.6. The standard InChI is InChI=1S/C16H31N3/c1-2-19(14-7-5-13(17)6-8-14)16-9-11-18-10-3-4-15(18)12-16/h13-16H,2-12,17H2,1H3. The molecule has 3 aliphatic rings. The van der Waals surface area contributed by atoms with Crippen molar-refractivity contribution < 1.29 is 0 Å². The van der Waals surface area contributed by atoms with Crippen molar-refractivity contribution in [3.05, 3.63) is 0 Å². The van der Waals surface area contributed by atoms with Crippen LogP contribution in [0.5, 0.6) is 0 Å². The molecule has 2 unspecified atom stereocenters. The lowest BCUT2D eigenvalue weighted by Gasteiger charge is -2.45.